The van der Waals surface area contributed by atoms with Crippen molar-refractivity contribution in [1.82, 2.24) is 28.7 Å². The number of aryl methyl sites for hydroxylation is 2. The zero-order valence-electron chi connectivity index (χ0n) is 38.7. The third kappa shape index (κ3) is 9.02. The van der Waals surface area contributed by atoms with Crippen LogP contribution in [0.25, 0.3) is 32.9 Å². The van der Waals surface area contributed by atoms with E-state index in [0.29, 0.717) is 76.8 Å². The Bertz CT molecular complexity index is 3010. The van der Waals surface area contributed by atoms with Gasteiger partial charge in [0, 0.05) is 80.1 Å². The van der Waals surface area contributed by atoms with Gasteiger partial charge in [0.05, 0.1) is 28.8 Å². The number of anilines is 1. The number of nitrogens with zero attached hydrogens (tertiary/aromatic N) is 6. The van der Waals surface area contributed by atoms with E-state index in [4.69, 9.17) is 24.2 Å². The number of aromatic nitrogens is 4. The molecule has 68 heavy (non-hydrogen) atoms. The van der Waals surface area contributed by atoms with Gasteiger partial charge in [-0.25, -0.2) is 31.5 Å². The zero-order valence-corrected chi connectivity index (χ0v) is 39.5. The van der Waals surface area contributed by atoms with Crippen LogP contribution in [0.5, 0.6) is 0 Å². The first-order valence-electron chi connectivity index (χ1n) is 23.7. The van der Waals surface area contributed by atoms with Gasteiger partial charge in [0.1, 0.15) is 11.3 Å². The Morgan fingerprint density at radius 1 is 0.941 bits per heavy atom. The molecule has 1 amide bonds. The predicted molar refractivity (Wildman–Crippen MR) is 256 cm³/mol. The molecule has 3 aromatic heterocycles. The Hall–Kier alpha value is -5.72. The number of carbonyl (C=O) groups is 1. The van der Waals surface area contributed by atoms with Crippen LogP contribution >= 0.6 is 0 Å². The molecule has 2 N–H and O–H groups in total. The molecule has 15 nitrogen and oxygen atoms in total. The largest absolute Gasteiger partial charge is 0.465 e. The maximum atomic E-state index is 14.8. The quantitative estimate of drug-likeness (QED) is 0.116. The van der Waals surface area contributed by atoms with Crippen LogP contribution in [0, 0.1) is 12.7 Å². The molecule has 1 saturated carbocycles. The highest BCUT2D eigenvalue weighted by Gasteiger charge is 2.46. The summed E-state index contributed by atoms with van der Waals surface area (Å²) >= 11 is 0. The number of hydrogen-bond acceptors (Lipinski definition) is 11. The number of pyridine rings is 1. The number of ether oxygens (including phenoxy) is 3. The average Bonchev–Trinajstić information content (AvgIpc) is 4.04. The topological polar surface area (TPSA) is 170 Å². The molecule has 2 atom stereocenters. The van der Waals surface area contributed by atoms with Crippen molar-refractivity contribution >= 4 is 43.9 Å². The van der Waals surface area contributed by atoms with E-state index in [1.165, 1.54) is 22.9 Å². The van der Waals surface area contributed by atoms with E-state index in [1.54, 1.807) is 55.7 Å². The highest BCUT2D eigenvalue weighted by molar-refractivity contribution is 7.90. The number of amides is 1. The Kier molecular flexibility index (Phi) is 12.4. The second-order valence-corrected chi connectivity index (χ2v) is 21.1. The number of hydrogen-bond donors (Lipinski definition) is 2. The third-order valence-electron chi connectivity index (χ3n) is 14.3. The maximum absolute atomic E-state index is 14.8. The molecule has 17 heteroatoms. The van der Waals surface area contributed by atoms with Crippen LogP contribution in [-0.4, -0.2) is 106 Å². The lowest BCUT2D eigenvalue weighted by Gasteiger charge is -2.45. The molecular weight excluding hydrogens is 890 g/mol. The number of benzene rings is 3. The molecule has 0 bridgehead atoms. The minimum absolute atomic E-state index is 0.0199. The minimum atomic E-state index is -4.14. The van der Waals surface area contributed by atoms with E-state index < -0.39 is 44.9 Å². The van der Waals surface area contributed by atoms with Crippen molar-refractivity contribution < 1.29 is 36.9 Å². The molecule has 358 valence electrons. The lowest BCUT2D eigenvalue weighted by Crippen LogP contribution is -2.56. The van der Waals surface area contributed by atoms with E-state index in [9.17, 15) is 27.5 Å². The van der Waals surface area contributed by atoms with Crippen LogP contribution in [-0.2, 0) is 36.9 Å². The minimum Gasteiger partial charge on any atom is -0.465 e. The van der Waals surface area contributed by atoms with Crippen molar-refractivity contribution in [2.24, 2.45) is 7.05 Å². The van der Waals surface area contributed by atoms with Crippen LogP contribution in [0.2, 0.25) is 0 Å². The molecule has 4 aliphatic rings. The molecule has 3 aromatic carbocycles. The lowest BCUT2D eigenvalue weighted by molar-refractivity contribution is -0.197. The first-order chi connectivity index (χ1) is 32.7. The van der Waals surface area contributed by atoms with Gasteiger partial charge < -0.3 is 39.0 Å². The molecule has 0 spiro atoms. The first kappa shape index (κ1) is 46.0. The van der Waals surface area contributed by atoms with Crippen LogP contribution in [0.4, 0.5) is 15.1 Å². The van der Waals surface area contributed by atoms with Crippen molar-refractivity contribution in [2.75, 3.05) is 44.3 Å². The zero-order chi connectivity index (χ0) is 47.4. The molecule has 3 saturated heterocycles. The molecule has 2 unspecified atom stereocenters. The number of likely N-dealkylation sites (tertiary alicyclic amines) is 1. The monoisotopic (exact) mass is 947 g/mol. The van der Waals surface area contributed by atoms with Crippen molar-refractivity contribution in [3.63, 3.8) is 0 Å². The Labute approximate surface area is 394 Å². The van der Waals surface area contributed by atoms with E-state index >= 15 is 0 Å². The molecule has 0 radical (unpaired) electrons. The van der Waals surface area contributed by atoms with Gasteiger partial charge in [0.2, 0.25) is 5.95 Å². The fourth-order valence-corrected chi connectivity index (χ4v) is 11.5. The van der Waals surface area contributed by atoms with Crippen LogP contribution in [0.1, 0.15) is 81.5 Å². The van der Waals surface area contributed by atoms with Gasteiger partial charge in [0.25, 0.3) is 15.6 Å². The lowest BCUT2D eigenvalue weighted by atomic mass is 9.87. The van der Waals surface area contributed by atoms with Crippen LogP contribution in [0.15, 0.2) is 94.9 Å². The van der Waals surface area contributed by atoms with E-state index in [1.807, 2.05) is 32.0 Å². The summed E-state index contributed by atoms with van der Waals surface area (Å²) in [7, 11) is -2.53. The summed E-state index contributed by atoms with van der Waals surface area (Å²) in [5.74, 6) is 0.133. The van der Waals surface area contributed by atoms with Crippen molar-refractivity contribution in [3.8, 4) is 11.1 Å². The summed E-state index contributed by atoms with van der Waals surface area (Å²) in [6.07, 6.45) is 9.06. The molecule has 6 heterocycles. The molecular formula is C51H58FN7O8S. The SMILES string of the molecule is Cc1ccc(S(=O)(=O)n2ccc3c(-c4ccc5nc(N6CCC(N7CCC(C)(NC(=O)O)CC7)CC6)nc(C(COC6CCCCO6)(OC6CC6)c6ccc(F)cc6)c5c4)cn(C)c(=O)c32)cc1. The molecule has 1 aliphatic carbocycles. The number of nitrogens with one attached hydrogen (secondary N) is 1. The number of halogens is 1. The van der Waals surface area contributed by atoms with E-state index in [0.717, 1.165) is 74.0 Å². The maximum Gasteiger partial charge on any atom is 0.405 e. The average molecular weight is 948 g/mol. The van der Waals surface area contributed by atoms with E-state index in [2.05, 4.69) is 15.1 Å². The summed E-state index contributed by atoms with van der Waals surface area (Å²) in [4.78, 5) is 40.9. The number of fused-ring (bicyclic) bond motifs is 2. The van der Waals surface area contributed by atoms with Gasteiger partial charge in [-0.05, 0) is 125 Å². The fraction of sp³-hybridized carbons (Fsp3) is 0.451. The fourth-order valence-electron chi connectivity index (χ4n) is 10.2. The van der Waals surface area contributed by atoms with Gasteiger partial charge in [-0.2, -0.15) is 0 Å². The molecule has 6 aromatic rings. The van der Waals surface area contributed by atoms with Crippen molar-refractivity contribution in [3.05, 3.63) is 118 Å². The molecule has 4 fully saturated rings. The summed E-state index contributed by atoms with van der Waals surface area (Å²) in [5, 5.41) is 13.2. The standard InChI is InChI=1S/C51H58FN7O8S/c1-33-7-16-39(17-8-33)68(63,64)59-26-21-40-42(31-56(3)47(60)45(40)59)34-9-18-43-41(30-34)46(51(67-38-14-15-38,35-10-12-36(52)13-11-35)32-66-44-6-4-5-29-65-44)54-48(53-43)58-24-19-37(20-25-58)57-27-22-50(2,23-28-57)55-49(61)62/h7-13,16-18,21,26,30-31,37-38,44,55H,4-6,14-15,19-20,22-25,27-29,32H2,1-3H3,(H,61,62). The smallest absolute Gasteiger partial charge is 0.405 e. The third-order valence-corrected chi connectivity index (χ3v) is 16.0. The van der Waals surface area contributed by atoms with Gasteiger partial charge in [-0.3, -0.25) is 4.79 Å². The summed E-state index contributed by atoms with van der Waals surface area (Å²) in [6, 6.07) is 20.7. The van der Waals surface area contributed by atoms with E-state index in [-0.39, 0.29) is 23.1 Å². The van der Waals surface area contributed by atoms with Gasteiger partial charge >= 0.3 is 6.09 Å². The molecule has 10 rings (SSSR count). The number of rotatable bonds is 13. The van der Waals surface area contributed by atoms with Crippen molar-refractivity contribution in [1.29, 1.82) is 0 Å². The highest BCUT2D eigenvalue weighted by Crippen LogP contribution is 2.45. The summed E-state index contributed by atoms with van der Waals surface area (Å²) in [5.41, 5.74) is 1.82. The van der Waals surface area contributed by atoms with Gasteiger partial charge in [-0.1, -0.05) is 35.9 Å². The predicted octanol–water partition coefficient (Wildman–Crippen LogP) is 7.69. The number of carboxylic acid groups (broad SMARTS) is 1. The number of piperidine rings is 2. The second kappa shape index (κ2) is 18.3. The first-order valence-corrected chi connectivity index (χ1v) is 25.2. The Morgan fingerprint density at radius 2 is 1.68 bits per heavy atom. The molecule has 3 aliphatic heterocycles. The van der Waals surface area contributed by atoms with Crippen LogP contribution < -0.4 is 15.8 Å². The van der Waals surface area contributed by atoms with Gasteiger partial charge in [-0.15, -0.1) is 0 Å². The summed E-state index contributed by atoms with van der Waals surface area (Å²) < 4.78 is 65.5. The normalized spacial score (nSPS) is 20.4. The highest BCUT2D eigenvalue weighted by atomic mass is 32.2. The Balaban J connectivity index is 1.09. The second-order valence-electron chi connectivity index (χ2n) is 19.3. The summed E-state index contributed by atoms with van der Waals surface area (Å²) in [6.45, 7) is 7.44. The van der Waals surface area contributed by atoms with Crippen molar-refractivity contribution in [2.45, 2.75) is 106 Å². The van der Waals surface area contributed by atoms with Gasteiger partial charge in [0.15, 0.2) is 11.9 Å². The van der Waals surface area contributed by atoms with Crippen LogP contribution in [0.3, 0.4) is 0 Å². The Morgan fingerprint density at radius 3 is 2.35 bits per heavy atom.